The first-order valence-corrected chi connectivity index (χ1v) is 6.59. The predicted molar refractivity (Wildman–Crippen MR) is 79.7 cm³/mol. The molecule has 108 valence electrons. The van der Waals surface area contributed by atoms with E-state index in [4.69, 9.17) is 11.6 Å². The lowest BCUT2D eigenvalue weighted by atomic mass is 10.2. The van der Waals surface area contributed by atoms with Gasteiger partial charge in [-0.2, -0.15) is 0 Å². The number of para-hydroxylation sites is 1. The second kappa shape index (κ2) is 6.32. The van der Waals surface area contributed by atoms with Crippen molar-refractivity contribution in [3.05, 3.63) is 63.4 Å². The Morgan fingerprint density at radius 1 is 1.38 bits per heavy atom. The summed E-state index contributed by atoms with van der Waals surface area (Å²) in [5, 5.41) is 10.7. The van der Waals surface area contributed by atoms with Gasteiger partial charge in [0.05, 0.1) is 10.5 Å². The number of hydrogen-bond acceptors (Lipinski definition) is 4. The van der Waals surface area contributed by atoms with Gasteiger partial charge in [-0.05, 0) is 19.1 Å². The number of nitrogens with zero attached hydrogens (tertiary/aromatic N) is 3. The van der Waals surface area contributed by atoms with E-state index in [1.807, 2.05) is 13.0 Å². The summed E-state index contributed by atoms with van der Waals surface area (Å²) < 4.78 is 0. The molecule has 1 amide bonds. The van der Waals surface area contributed by atoms with Crippen LogP contribution in [-0.4, -0.2) is 22.4 Å². The van der Waals surface area contributed by atoms with Gasteiger partial charge in [0.1, 0.15) is 11.3 Å². The summed E-state index contributed by atoms with van der Waals surface area (Å²) in [4.78, 5) is 27.9. The summed E-state index contributed by atoms with van der Waals surface area (Å²) >= 11 is 5.90. The van der Waals surface area contributed by atoms with Crippen molar-refractivity contribution in [3.8, 4) is 0 Å². The largest absolute Gasteiger partial charge is 0.309 e. The average Bonchev–Trinajstić information content (AvgIpc) is 2.49. The van der Waals surface area contributed by atoms with Gasteiger partial charge in [0.15, 0.2) is 0 Å². The Balaban J connectivity index is 2.43. The number of nitro groups is 1. The van der Waals surface area contributed by atoms with Gasteiger partial charge in [-0.25, -0.2) is 4.98 Å². The van der Waals surface area contributed by atoms with E-state index in [0.29, 0.717) is 12.2 Å². The molecule has 0 radical (unpaired) electrons. The van der Waals surface area contributed by atoms with E-state index in [1.165, 1.54) is 4.90 Å². The molecule has 0 aliphatic carbocycles. The summed E-state index contributed by atoms with van der Waals surface area (Å²) in [7, 11) is 0. The van der Waals surface area contributed by atoms with Gasteiger partial charge < -0.3 is 4.90 Å². The highest BCUT2D eigenvalue weighted by atomic mass is 35.5. The standard InChI is InChI=1S/C14H12ClN3O3/c1-2-17(10-6-4-3-5-7-10)14(19)12-8-11(18(20)21)9-16-13(12)15/h3-9H,2H2,1H3. The third-order valence-electron chi connectivity index (χ3n) is 2.90. The number of rotatable bonds is 4. The fraction of sp³-hybridized carbons (Fsp3) is 0.143. The molecule has 0 bridgehead atoms. The van der Waals surface area contributed by atoms with Gasteiger partial charge in [-0.1, -0.05) is 29.8 Å². The molecule has 21 heavy (non-hydrogen) atoms. The van der Waals surface area contributed by atoms with Crippen molar-refractivity contribution in [3.63, 3.8) is 0 Å². The topological polar surface area (TPSA) is 76.3 Å². The quantitative estimate of drug-likeness (QED) is 0.493. The van der Waals surface area contributed by atoms with Crippen LogP contribution in [0.4, 0.5) is 11.4 Å². The fourth-order valence-electron chi connectivity index (χ4n) is 1.88. The molecule has 0 saturated carbocycles. The number of hydrogen-bond donors (Lipinski definition) is 0. The van der Waals surface area contributed by atoms with Crippen molar-refractivity contribution in [1.82, 2.24) is 4.98 Å². The number of amides is 1. The Bertz CT molecular complexity index is 676. The Labute approximate surface area is 126 Å². The smallest absolute Gasteiger partial charge is 0.288 e. The minimum Gasteiger partial charge on any atom is -0.309 e. The van der Waals surface area contributed by atoms with Gasteiger partial charge in [-0.3, -0.25) is 14.9 Å². The molecule has 0 atom stereocenters. The molecule has 1 aromatic heterocycles. The number of pyridine rings is 1. The van der Waals surface area contributed by atoms with Crippen molar-refractivity contribution in [2.75, 3.05) is 11.4 Å². The fourth-order valence-corrected chi connectivity index (χ4v) is 2.07. The minimum atomic E-state index is -0.612. The highest BCUT2D eigenvalue weighted by molar-refractivity contribution is 6.33. The maximum Gasteiger partial charge on any atom is 0.288 e. The van der Waals surface area contributed by atoms with Crippen LogP contribution in [0.2, 0.25) is 5.15 Å². The Kier molecular flexibility index (Phi) is 4.49. The Morgan fingerprint density at radius 3 is 2.62 bits per heavy atom. The third-order valence-corrected chi connectivity index (χ3v) is 3.20. The van der Waals surface area contributed by atoms with Crippen LogP contribution in [0.15, 0.2) is 42.6 Å². The Hall–Kier alpha value is -2.47. The first kappa shape index (κ1) is 14.9. The summed E-state index contributed by atoms with van der Waals surface area (Å²) in [5.74, 6) is -0.426. The average molecular weight is 306 g/mol. The zero-order valence-electron chi connectivity index (χ0n) is 11.2. The minimum absolute atomic E-state index is 0.0107. The van der Waals surface area contributed by atoms with Gasteiger partial charge in [0.2, 0.25) is 0 Å². The molecule has 2 rings (SSSR count). The summed E-state index contributed by atoms with van der Waals surface area (Å²) in [5.41, 5.74) is 0.427. The second-order valence-corrected chi connectivity index (χ2v) is 4.53. The maximum atomic E-state index is 12.6. The monoisotopic (exact) mass is 305 g/mol. The highest BCUT2D eigenvalue weighted by Gasteiger charge is 2.22. The number of carbonyl (C=O) groups excluding carboxylic acids is 1. The molecule has 0 spiro atoms. The van der Waals surface area contributed by atoms with Crippen LogP contribution < -0.4 is 4.90 Å². The highest BCUT2D eigenvalue weighted by Crippen LogP contribution is 2.23. The van der Waals surface area contributed by atoms with E-state index in [9.17, 15) is 14.9 Å². The van der Waals surface area contributed by atoms with E-state index in [-0.39, 0.29) is 16.4 Å². The van der Waals surface area contributed by atoms with Crippen molar-refractivity contribution in [1.29, 1.82) is 0 Å². The van der Waals surface area contributed by atoms with Crippen LogP contribution in [0.5, 0.6) is 0 Å². The lowest BCUT2D eigenvalue weighted by molar-refractivity contribution is -0.385. The van der Waals surface area contributed by atoms with E-state index in [0.717, 1.165) is 12.3 Å². The number of carbonyl (C=O) groups is 1. The molecule has 0 unspecified atom stereocenters. The summed E-state index contributed by atoms with van der Waals surface area (Å²) in [6.07, 6.45) is 1.03. The molecule has 6 nitrogen and oxygen atoms in total. The van der Waals surface area contributed by atoms with Crippen LogP contribution in [0.25, 0.3) is 0 Å². The SMILES string of the molecule is CCN(C(=O)c1cc([N+](=O)[O-])cnc1Cl)c1ccccc1. The molecule has 2 aromatic rings. The van der Waals surface area contributed by atoms with Crippen molar-refractivity contribution >= 4 is 28.9 Å². The molecular weight excluding hydrogens is 294 g/mol. The van der Waals surface area contributed by atoms with Crippen LogP contribution in [0.3, 0.4) is 0 Å². The van der Waals surface area contributed by atoms with E-state index in [1.54, 1.807) is 24.3 Å². The number of aromatic nitrogens is 1. The zero-order valence-corrected chi connectivity index (χ0v) is 11.9. The summed E-state index contributed by atoms with van der Waals surface area (Å²) in [6.45, 7) is 2.21. The lowest BCUT2D eigenvalue weighted by Gasteiger charge is -2.21. The molecule has 1 heterocycles. The molecule has 1 aromatic carbocycles. The van der Waals surface area contributed by atoms with Gasteiger partial charge in [0.25, 0.3) is 11.6 Å². The molecule has 0 N–H and O–H groups in total. The number of benzene rings is 1. The Morgan fingerprint density at radius 2 is 2.05 bits per heavy atom. The van der Waals surface area contributed by atoms with Crippen LogP contribution in [0.1, 0.15) is 17.3 Å². The van der Waals surface area contributed by atoms with Gasteiger partial charge >= 0.3 is 0 Å². The van der Waals surface area contributed by atoms with Gasteiger partial charge in [0, 0.05) is 18.3 Å². The van der Waals surface area contributed by atoms with Crippen LogP contribution >= 0.6 is 11.6 Å². The molecule has 0 saturated heterocycles. The summed E-state index contributed by atoms with van der Waals surface area (Å²) in [6, 6.07) is 10.1. The predicted octanol–water partition coefficient (Wildman–Crippen LogP) is 3.31. The first-order chi connectivity index (χ1) is 10.0. The van der Waals surface area contributed by atoms with Crippen molar-refractivity contribution < 1.29 is 9.72 Å². The van der Waals surface area contributed by atoms with Crippen LogP contribution in [0, 0.1) is 10.1 Å². The molecular formula is C14H12ClN3O3. The van der Waals surface area contributed by atoms with Crippen LogP contribution in [-0.2, 0) is 0 Å². The number of anilines is 1. The molecule has 0 aliphatic heterocycles. The molecule has 0 aliphatic rings. The normalized spacial score (nSPS) is 10.2. The zero-order chi connectivity index (χ0) is 15.4. The maximum absolute atomic E-state index is 12.6. The molecule has 7 heteroatoms. The van der Waals surface area contributed by atoms with Gasteiger partial charge in [-0.15, -0.1) is 0 Å². The van der Waals surface area contributed by atoms with E-state index >= 15 is 0 Å². The first-order valence-electron chi connectivity index (χ1n) is 6.21. The molecule has 0 fully saturated rings. The van der Waals surface area contributed by atoms with E-state index in [2.05, 4.69) is 4.98 Å². The lowest BCUT2D eigenvalue weighted by Crippen LogP contribution is -2.31. The van der Waals surface area contributed by atoms with Crippen molar-refractivity contribution in [2.45, 2.75) is 6.92 Å². The number of halogens is 1. The third kappa shape index (κ3) is 3.17. The van der Waals surface area contributed by atoms with E-state index < -0.39 is 10.8 Å². The second-order valence-electron chi connectivity index (χ2n) is 4.17. The van der Waals surface area contributed by atoms with Crippen molar-refractivity contribution in [2.24, 2.45) is 0 Å².